The van der Waals surface area contributed by atoms with Gasteiger partial charge in [-0.15, -0.1) is 0 Å². The number of anilines is 1. The average Bonchev–Trinajstić information content (AvgIpc) is 2.88. The third-order valence-electron chi connectivity index (χ3n) is 4.54. The van der Waals surface area contributed by atoms with Crippen molar-refractivity contribution in [2.45, 2.75) is 39.7 Å². The van der Waals surface area contributed by atoms with E-state index in [1.807, 2.05) is 13.8 Å². The maximum absolute atomic E-state index is 12.3. The van der Waals surface area contributed by atoms with Crippen LogP contribution in [0.15, 0.2) is 18.2 Å². The van der Waals surface area contributed by atoms with Crippen molar-refractivity contribution >= 4 is 41.0 Å². The van der Waals surface area contributed by atoms with Crippen molar-refractivity contribution in [3.8, 4) is 0 Å². The lowest BCUT2D eigenvalue weighted by Gasteiger charge is -2.19. The van der Waals surface area contributed by atoms with Crippen LogP contribution in [0.2, 0.25) is 5.02 Å². The van der Waals surface area contributed by atoms with Crippen molar-refractivity contribution in [2.24, 2.45) is 5.92 Å². The van der Waals surface area contributed by atoms with Crippen LogP contribution < -0.4 is 21.4 Å². The van der Waals surface area contributed by atoms with Crippen LogP contribution in [0.3, 0.4) is 0 Å². The molecule has 1 aliphatic heterocycles. The lowest BCUT2D eigenvalue weighted by atomic mass is 10.00. The predicted molar refractivity (Wildman–Crippen MR) is 109 cm³/mol. The predicted octanol–water partition coefficient (Wildman–Crippen LogP) is 1.89. The number of carbonyl (C=O) groups is 4. The summed E-state index contributed by atoms with van der Waals surface area (Å²) in [4.78, 5) is 48.4. The Labute approximate surface area is 174 Å². The van der Waals surface area contributed by atoms with Crippen molar-refractivity contribution in [2.75, 3.05) is 18.4 Å². The zero-order chi connectivity index (χ0) is 21.8. The minimum atomic E-state index is -1.03. The largest absolute Gasteiger partial charge is 0.376 e. The van der Waals surface area contributed by atoms with Gasteiger partial charge in [0.1, 0.15) is 5.54 Å². The van der Waals surface area contributed by atoms with Crippen LogP contribution in [0.5, 0.6) is 0 Å². The Morgan fingerprint density at radius 2 is 1.97 bits per heavy atom. The molecule has 1 fully saturated rings. The minimum Gasteiger partial charge on any atom is -0.376 e. The van der Waals surface area contributed by atoms with E-state index in [1.165, 1.54) is 6.07 Å². The minimum absolute atomic E-state index is 0.199. The van der Waals surface area contributed by atoms with E-state index < -0.39 is 23.4 Å². The van der Waals surface area contributed by atoms with Crippen LogP contribution in [-0.2, 0) is 9.59 Å². The summed E-state index contributed by atoms with van der Waals surface area (Å²) in [6.45, 7) is 7.68. The fourth-order valence-corrected chi connectivity index (χ4v) is 2.84. The first-order chi connectivity index (χ1) is 13.6. The Hall–Kier alpha value is -2.81. The third-order valence-corrected chi connectivity index (χ3v) is 4.85. The Kier molecular flexibility index (Phi) is 7.07. The van der Waals surface area contributed by atoms with Gasteiger partial charge in [0.05, 0.1) is 17.1 Å². The number of rotatable bonds is 8. The van der Waals surface area contributed by atoms with E-state index in [0.29, 0.717) is 35.1 Å². The number of hydrogen-bond donors (Lipinski definition) is 4. The standard InChI is InChI=1S/C19H26ClN5O4/c1-5-19(4)17(28)25(18(29)23-19)24-15(26)10-21-12-6-7-13(14(20)8-12)16(27)22-9-11(2)3/h6-8,11,21H,5,9-10H2,1-4H3,(H,22,27)(H,23,29)(H,24,26)/t19-/m1/s1. The molecule has 0 bridgehead atoms. The van der Waals surface area contributed by atoms with Crippen molar-refractivity contribution in [3.05, 3.63) is 28.8 Å². The van der Waals surface area contributed by atoms with Crippen molar-refractivity contribution in [3.63, 3.8) is 0 Å². The third kappa shape index (κ3) is 5.38. The van der Waals surface area contributed by atoms with Crippen LogP contribution in [0.1, 0.15) is 44.5 Å². The Morgan fingerprint density at radius 3 is 2.52 bits per heavy atom. The Balaban J connectivity index is 1.92. The molecule has 1 aromatic carbocycles. The van der Waals surface area contributed by atoms with Crippen LogP contribution in [-0.4, -0.2) is 47.4 Å². The summed E-state index contributed by atoms with van der Waals surface area (Å²) in [5.74, 6) is -1.05. The Morgan fingerprint density at radius 1 is 1.28 bits per heavy atom. The summed E-state index contributed by atoms with van der Waals surface area (Å²) >= 11 is 6.17. The first kappa shape index (κ1) is 22.5. The quantitative estimate of drug-likeness (QED) is 0.476. The second-order valence-electron chi connectivity index (χ2n) is 7.44. The molecule has 29 heavy (non-hydrogen) atoms. The van der Waals surface area contributed by atoms with Gasteiger partial charge in [-0.3, -0.25) is 19.8 Å². The van der Waals surface area contributed by atoms with Gasteiger partial charge < -0.3 is 16.0 Å². The highest BCUT2D eigenvalue weighted by Crippen LogP contribution is 2.21. The number of hydrogen-bond acceptors (Lipinski definition) is 5. The van der Waals surface area contributed by atoms with Gasteiger partial charge in [0.2, 0.25) is 0 Å². The van der Waals surface area contributed by atoms with Gasteiger partial charge >= 0.3 is 6.03 Å². The van der Waals surface area contributed by atoms with E-state index in [2.05, 4.69) is 21.4 Å². The number of nitrogens with zero attached hydrogens (tertiary/aromatic N) is 1. The molecule has 1 aromatic rings. The number of benzene rings is 1. The van der Waals surface area contributed by atoms with Gasteiger partial charge in [-0.05, 0) is 37.5 Å². The van der Waals surface area contributed by atoms with Crippen molar-refractivity contribution in [1.82, 2.24) is 21.1 Å². The van der Waals surface area contributed by atoms with E-state index >= 15 is 0 Å². The van der Waals surface area contributed by atoms with E-state index in [9.17, 15) is 19.2 Å². The molecule has 2 rings (SSSR count). The molecule has 0 saturated carbocycles. The van der Waals surface area contributed by atoms with Gasteiger partial charge in [-0.2, -0.15) is 5.01 Å². The van der Waals surface area contributed by atoms with Gasteiger partial charge in [-0.25, -0.2) is 4.79 Å². The van der Waals surface area contributed by atoms with Crippen LogP contribution in [0, 0.1) is 5.92 Å². The monoisotopic (exact) mass is 423 g/mol. The molecule has 1 aliphatic rings. The molecule has 158 valence electrons. The van der Waals surface area contributed by atoms with Crippen molar-refractivity contribution < 1.29 is 19.2 Å². The molecule has 1 heterocycles. The summed E-state index contributed by atoms with van der Waals surface area (Å²) in [6.07, 6.45) is 0.401. The molecule has 0 spiro atoms. The maximum atomic E-state index is 12.3. The number of urea groups is 1. The molecule has 5 amide bonds. The molecule has 0 aromatic heterocycles. The fourth-order valence-electron chi connectivity index (χ4n) is 2.57. The molecule has 10 heteroatoms. The molecule has 1 atom stereocenters. The lowest BCUT2D eigenvalue weighted by molar-refractivity contribution is -0.138. The second-order valence-corrected chi connectivity index (χ2v) is 7.85. The molecular weight excluding hydrogens is 398 g/mol. The van der Waals surface area contributed by atoms with E-state index in [4.69, 9.17) is 11.6 Å². The van der Waals surface area contributed by atoms with Gasteiger partial charge in [0, 0.05) is 12.2 Å². The first-order valence-corrected chi connectivity index (χ1v) is 9.73. The van der Waals surface area contributed by atoms with Crippen molar-refractivity contribution in [1.29, 1.82) is 0 Å². The summed E-state index contributed by atoms with van der Waals surface area (Å²) in [5, 5.41) is 9.10. The molecule has 1 saturated heterocycles. The molecule has 0 aliphatic carbocycles. The molecule has 0 radical (unpaired) electrons. The van der Waals surface area contributed by atoms with Gasteiger partial charge in [0.25, 0.3) is 17.7 Å². The summed E-state index contributed by atoms with van der Waals surface area (Å²) in [5.41, 5.74) is 2.10. The number of amides is 5. The second kappa shape index (κ2) is 9.13. The summed E-state index contributed by atoms with van der Waals surface area (Å²) in [7, 11) is 0. The number of carbonyl (C=O) groups excluding carboxylic acids is 4. The van der Waals surface area contributed by atoms with Crippen LogP contribution >= 0.6 is 11.6 Å². The Bertz CT molecular complexity index is 829. The number of halogens is 1. The highest BCUT2D eigenvalue weighted by Gasteiger charge is 2.47. The number of nitrogens with one attached hydrogen (secondary N) is 4. The summed E-state index contributed by atoms with van der Waals surface area (Å²) < 4.78 is 0. The highest BCUT2D eigenvalue weighted by molar-refractivity contribution is 6.34. The van der Waals surface area contributed by atoms with Crippen LogP contribution in [0.25, 0.3) is 0 Å². The van der Waals surface area contributed by atoms with E-state index in [1.54, 1.807) is 26.0 Å². The maximum Gasteiger partial charge on any atom is 0.344 e. The number of hydrazine groups is 1. The normalized spacial score (nSPS) is 18.6. The van der Waals surface area contributed by atoms with E-state index in [-0.39, 0.29) is 17.5 Å². The molecular formula is C19H26ClN5O4. The van der Waals surface area contributed by atoms with E-state index in [0.717, 1.165) is 0 Å². The fraction of sp³-hybridized carbons (Fsp3) is 0.474. The topological polar surface area (TPSA) is 120 Å². The lowest BCUT2D eigenvalue weighted by Crippen LogP contribution is -2.50. The van der Waals surface area contributed by atoms with Crippen LogP contribution in [0.4, 0.5) is 10.5 Å². The zero-order valence-corrected chi connectivity index (χ0v) is 17.6. The van der Waals surface area contributed by atoms with Gasteiger partial charge in [-0.1, -0.05) is 32.4 Å². The highest BCUT2D eigenvalue weighted by atomic mass is 35.5. The smallest absolute Gasteiger partial charge is 0.344 e. The molecule has 0 unspecified atom stereocenters. The van der Waals surface area contributed by atoms with Gasteiger partial charge in [0.15, 0.2) is 0 Å². The first-order valence-electron chi connectivity index (χ1n) is 9.35. The SMILES string of the molecule is CC[C@@]1(C)NC(=O)N(NC(=O)CNc2ccc(C(=O)NCC(C)C)c(Cl)c2)C1=O. The average molecular weight is 424 g/mol. The molecule has 9 nitrogen and oxygen atoms in total. The zero-order valence-electron chi connectivity index (χ0n) is 16.9. The number of imide groups is 1. The summed E-state index contributed by atoms with van der Waals surface area (Å²) in [6, 6.07) is 4.03. The molecule has 4 N–H and O–H groups in total.